The standard InChI is InChI=1S/C8H9F2NO.ClH/c9-8(10)7(11)5-2-1-3-6(12)4-5;/h1-4,7-8,12H,11H2;1H/t7-;/m1./s1. The number of nitrogens with two attached hydrogens (primary N) is 1. The normalized spacial score (nSPS) is 12.3. The van der Waals surface area contributed by atoms with Crippen LogP contribution in [0.25, 0.3) is 0 Å². The first-order valence-corrected chi connectivity index (χ1v) is 3.44. The van der Waals surface area contributed by atoms with Crippen LogP contribution in [0.4, 0.5) is 8.78 Å². The van der Waals surface area contributed by atoms with Gasteiger partial charge in [-0.05, 0) is 17.7 Å². The van der Waals surface area contributed by atoms with Crippen molar-refractivity contribution in [3.05, 3.63) is 29.8 Å². The summed E-state index contributed by atoms with van der Waals surface area (Å²) >= 11 is 0. The molecule has 0 radical (unpaired) electrons. The number of phenolic OH excluding ortho intramolecular Hbond substituents is 1. The molecule has 13 heavy (non-hydrogen) atoms. The number of hydrogen-bond donors (Lipinski definition) is 2. The Labute approximate surface area is 80.8 Å². The summed E-state index contributed by atoms with van der Waals surface area (Å²) in [6, 6.07) is 4.25. The van der Waals surface area contributed by atoms with Crippen LogP contribution in [0.3, 0.4) is 0 Å². The van der Waals surface area contributed by atoms with E-state index in [1.807, 2.05) is 0 Å². The van der Waals surface area contributed by atoms with Crippen LogP contribution in [0.15, 0.2) is 24.3 Å². The van der Waals surface area contributed by atoms with Gasteiger partial charge in [0.05, 0.1) is 6.04 Å². The minimum Gasteiger partial charge on any atom is -0.508 e. The molecule has 1 aromatic rings. The number of phenols is 1. The smallest absolute Gasteiger partial charge is 0.257 e. The van der Waals surface area contributed by atoms with Crippen molar-refractivity contribution in [1.29, 1.82) is 0 Å². The number of rotatable bonds is 2. The van der Waals surface area contributed by atoms with Gasteiger partial charge in [0.2, 0.25) is 0 Å². The first-order chi connectivity index (χ1) is 5.61. The van der Waals surface area contributed by atoms with Crippen LogP contribution in [-0.4, -0.2) is 11.5 Å². The molecule has 0 fully saturated rings. The second-order valence-corrected chi connectivity index (χ2v) is 2.46. The molecule has 0 unspecified atom stereocenters. The van der Waals surface area contributed by atoms with Crippen LogP contribution in [0.5, 0.6) is 5.75 Å². The first-order valence-electron chi connectivity index (χ1n) is 3.44. The summed E-state index contributed by atoms with van der Waals surface area (Å²) in [6.45, 7) is 0. The molecule has 5 heteroatoms. The van der Waals surface area contributed by atoms with Gasteiger partial charge < -0.3 is 10.8 Å². The number of benzene rings is 1. The maximum atomic E-state index is 12.0. The summed E-state index contributed by atoms with van der Waals surface area (Å²) in [5.41, 5.74) is 5.39. The quantitative estimate of drug-likeness (QED) is 0.784. The average Bonchev–Trinajstić information content (AvgIpc) is 2.03. The first kappa shape index (κ1) is 12.1. The maximum absolute atomic E-state index is 12.0. The van der Waals surface area contributed by atoms with E-state index in [2.05, 4.69) is 0 Å². The lowest BCUT2D eigenvalue weighted by atomic mass is 10.1. The second-order valence-electron chi connectivity index (χ2n) is 2.46. The van der Waals surface area contributed by atoms with E-state index in [9.17, 15) is 8.78 Å². The lowest BCUT2D eigenvalue weighted by molar-refractivity contribution is 0.116. The number of aromatic hydroxyl groups is 1. The van der Waals surface area contributed by atoms with Crippen LogP contribution >= 0.6 is 12.4 Å². The molecule has 1 aromatic carbocycles. The van der Waals surface area contributed by atoms with Crippen molar-refractivity contribution >= 4 is 12.4 Å². The van der Waals surface area contributed by atoms with Gasteiger partial charge in [-0.15, -0.1) is 12.4 Å². The Bertz CT molecular complexity index is 270. The molecule has 0 spiro atoms. The summed E-state index contributed by atoms with van der Waals surface area (Å²) in [7, 11) is 0. The van der Waals surface area contributed by atoms with Gasteiger partial charge in [-0.2, -0.15) is 0 Å². The SMILES string of the molecule is Cl.N[C@H](c1cccc(O)c1)C(F)F. The third kappa shape index (κ3) is 3.16. The molecule has 0 aliphatic rings. The zero-order valence-electron chi connectivity index (χ0n) is 6.65. The molecule has 1 rings (SSSR count). The molecular formula is C8H10ClF2NO. The molecule has 0 amide bonds. The summed E-state index contributed by atoms with van der Waals surface area (Å²) < 4.78 is 24.1. The van der Waals surface area contributed by atoms with Gasteiger partial charge in [0, 0.05) is 0 Å². The van der Waals surface area contributed by atoms with Crippen LogP contribution in [0.2, 0.25) is 0 Å². The predicted octanol–water partition coefficient (Wildman–Crippen LogP) is 2.08. The molecule has 1 atom stereocenters. The highest BCUT2D eigenvalue weighted by atomic mass is 35.5. The third-order valence-corrected chi connectivity index (χ3v) is 1.53. The van der Waals surface area contributed by atoms with E-state index in [-0.39, 0.29) is 23.7 Å². The summed E-state index contributed by atoms with van der Waals surface area (Å²) in [5, 5.41) is 8.94. The van der Waals surface area contributed by atoms with Gasteiger partial charge in [0.25, 0.3) is 6.43 Å². The van der Waals surface area contributed by atoms with Gasteiger partial charge in [-0.1, -0.05) is 12.1 Å². The maximum Gasteiger partial charge on any atom is 0.257 e. The fourth-order valence-electron chi connectivity index (χ4n) is 0.878. The van der Waals surface area contributed by atoms with Crippen molar-refractivity contribution in [2.45, 2.75) is 12.5 Å². The minimum absolute atomic E-state index is 0. The van der Waals surface area contributed by atoms with Gasteiger partial charge in [-0.25, -0.2) is 8.78 Å². The Morgan fingerprint density at radius 1 is 1.31 bits per heavy atom. The van der Waals surface area contributed by atoms with E-state index < -0.39 is 12.5 Å². The van der Waals surface area contributed by atoms with Crippen molar-refractivity contribution in [2.75, 3.05) is 0 Å². The summed E-state index contributed by atoms with van der Waals surface area (Å²) in [5.74, 6) is -0.0522. The predicted molar refractivity (Wildman–Crippen MR) is 48.3 cm³/mol. The zero-order chi connectivity index (χ0) is 9.14. The molecule has 0 heterocycles. The number of alkyl halides is 2. The van der Waals surface area contributed by atoms with Crippen molar-refractivity contribution in [3.8, 4) is 5.75 Å². The largest absolute Gasteiger partial charge is 0.508 e. The molecule has 0 bridgehead atoms. The highest BCUT2D eigenvalue weighted by Gasteiger charge is 2.17. The lowest BCUT2D eigenvalue weighted by Crippen LogP contribution is -2.18. The Kier molecular flexibility index (Phi) is 4.66. The fourth-order valence-corrected chi connectivity index (χ4v) is 0.878. The zero-order valence-corrected chi connectivity index (χ0v) is 7.47. The van der Waals surface area contributed by atoms with Gasteiger partial charge in [-0.3, -0.25) is 0 Å². The van der Waals surface area contributed by atoms with Gasteiger partial charge in [0.1, 0.15) is 5.75 Å². The highest BCUT2D eigenvalue weighted by molar-refractivity contribution is 5.85. The molecule has 3 N–H and O–H groups in total. The van der Waals surface area contributed by atoms with E-state index in [0.717, 1.165) is 0 Å². The summed E-state index contributed by atoms with van der Waals surface area (Å²) in [6.07, 6.45) is -2.60. The van der Waals surface area contributed by atoms with Crippen molar-refractivity contribution in [1.82, 2.24) is 0 Å². The Balaban J connectivity index is 0.00000144. The lowest BCUT2D eigenvalue weighted by Gasteiger charge is -2.10. The van der Waals surface area contributed by atoms with Crippen molar-refractivity contribution < 1.29 is 13.9 Å². The Hall–Kier alpha value is -0.870. The van der Waals surface area contributed by atoms with E-state index in [1.165, 1.54) is 24.3 Å². The fraction of sp³-hybridized carbons (Fsp3) is 0.250. The van der Waals surface area contributed by atoms with Gasteiger partial charge in [0.15, 0.2) is 0 Å². The third-order valence-electron chi connectivity index (χ3n) is 1.53. The van der Waals surface area contributed by atoms with Crippen LogP contribution in [0, 0.1) is 0 Å². The van der Waals surface area contributed by atoms with Crippen LogP contribution in [-0.2, 0) is 0 Å². The van der Waals surface area contributed by atoms with E-state index >= 15 is 0 Å². The molecule has 0 aromatic heterocycles. The van der Waals surface area contributed by atoms with Crippen molar-refractivity contribution in [3.63, 3.8) is 0 Å². The minimum atomic E-state index is -2.60. The molecular weight excluding hydrogens is 200 g/mol. The topological polar surface area (TPSA) is 46.2 Å². The second kappa shape index (κ2) is 4.99. The van der Waals surface area contributed by atoms with E-state index in [1.54, 1.807) is 0 Å². The van der Waals surface area contributed by atoms with Crippen LogP contribution < -0.4 is 5.73 Å². The highest BCUT2D eigenvalue weighted by Crippen LogP contribution is 2.20. The molecule has 2 nitrogen and oxygen atoms in total. The van der Waals surface area contributed by atoms with E-state index in [4.69, 9.17) is 10.8 Å². The average molecular weight is 210 g/mol. The Morgan fingerprint density at radius 3 is 2.38 bits per heavy atom. The summed E-state index contributed by atoms with van der Waals surface area (Å²) in [4.78, 5) is 0. The molecule has 0 aliphatic heterocycles. The van der Waals surface area contributed by atoms with Gasteiger partial charge >= 0.3 is 0 Å². The number of halogens is 3. The molecule has 0 aliphatic carbocycles. The molecule has 74 valence electrons. The molecule has 0 saturated carbocycles. The van der Waals surface area contributed by atoms with E-state index in [0.29, 0.717) is 0 Å². The van der Waals surface area contributed by atoms with Crippen LogP contribution in [0.1, 0.15) is 11.6 Å². The molecule has 0 saturated heterocycles. The monoisotopic (exact) mass is 209 g/mol. The Morgan fingerprint density at radius 2 is 1.92 bits per heavy atom. The number of hydrogen-bond acceptors (Lipinski definition) is 2. The van der Waals surface area contributed by atoms with Crippen molar-refractivity contribution in [2.24, 2.45) is 5.73 Å².